The Morgan fingerprint density at radius 1 is 1.19 bits per heavy atom. The summed E-state index contributed by atoms with van der Waals surface area (Å²) in [5.41, 5.74) is 0.778. The molecule has 0 spiro atoms. The molecule has 1 heterocycles. The molecule has 0 radical (unpaired) electrons. The maximum absolute atomic E-state index is 12.0. The second-order valence-corrected chi connectivity index (χ2v) is 4.31. The maximum atomic E-state index is 12.0. The number of hydrogen-bond acceptors (Lipinski definition) is 6. The molecule has 21 heavy (non-hydrogen) atoms. The Bertz CT molecular complexity index is 616. The van der Waals surface area contributed by atoms with Gasteiger partial charge >= 0.3 is 5.97 Å². The summed E-state index contributed by atoms with van der Waals surface area (Å²) in [7, 11) is 1.63. The Morgan fingerprint density at radius 3 is 2.76 bits per heavy atom. The van der Waals surface area contributed by atoms with Crippen molar-refractivity contribution in [3.63, 3.8) is 0 Å². The molecule has 0 saturated carbocycles. The van der Waals surface area contributed by atoms with Crippen LogP contribution in [0.5, 0.6) is 5.75 Å². The summed E-state index contributed by atoms with van der Waals surface area (Å²) in [6.07, 6.45) is 0.718. The van der Waals surface area contributed by atoms with Crippen molar-refractivity contribution in [1.29, 1.82) is 0 Å². The number of carbonyl (C=O) groups is 1. The maximum Gasteiger partial charge on any atom is 0.362 e. The monoisotopic (exact) mass is 290 g/mol. The fourth-order valence-corrected chi connectivity index (χ4v) is 1.89. The first-order valence-corrected chi connectivity index (χ1v) is 6.82. The van der Waals surface area contributed by atoms with E-state index in [0.29, 0.717) is 24.5 Å². The van der Waals surface area contributed by atoms with Gasteiger partial charge in [-0.1, -0.05) is 12.1 Å². The zero-order valence-electron chi connectivity index (χ0n) is 12.2. The van der Waals surface area contributed by atoms with E-state index < -0.39 is 5.97 Å². The molecular weight excluding hydrogens is 272 g/mol. The summed E-state index contributed by atoms with van der Waals surface area (Å²) >= 11 is 0. The number of ether oxygens (including phenoxy) is 3. The van der Waals surface area contributed by atoms with Crippen molar-refractivity contribution < 1.29 is 19.0 Å². The summed E-state index contributed by atoms with van der Waals surface area (Å²) < 4.78 is 15.7. The minimum absolute atomic E-state index is 0.105. The standard InChI is InChI=1S/C15H18N2O4/c1-3-20-15(18)13-14(21-10-6-9-19-2)11-7-4-5-8-12(11)16-17-13/h4-5,7-8H,3,6,9-10H2,1-2H3. The van der Waals surface area contributed by atoms with Gasteiger partial charge in [0.1, 0.15) is 0 Å². The van der Waals surface area contributed by atoms with Crippen LogP contribution in [0.25, 0.3) is 10.9 Å². The SMILES string of the molecule is CCOC(=O)c1nnc2ccccc2c1OCCCOC. The van der Waals surface area contributed by atoms with E-state index in [1.165, 1.54) is 0 Å². The third-order valence-corrected chi connectivity index (χ3v) is 2.83. The largest absolute Gasteiger partial charge is 0.490 e. The average molecular weight is 290 g/mol. The predicted octanol–water partition coefficient (Wildman–Crippen LogP) is 2.22. The van der Waals surface area contributed by atoms with E-state index in [0.717, 1.165) is 11.8 Å². The number of carbonyl (C=O) groups excluding carboxylic acids is 1. The first-order chi connectivity index (χ1) is 10.3. The number of methoxy groups -OCH3 is 1. The second kappa shape index (κ2) is 7.54. The highest BCUT2D eigenvalue weighted by Gasteiger charge is 2.19. The molecule has 0 saturated heterocycles. The molecule has 6 nitrogen and oxygen atoms in total. The van der Waals surface area contributed by atoms with Gasteiger partial charge in [-0.05, 0) is 19.1 Å². The van der Waals surface area contributed by atoms with Crippen LogP contribution < -0.4 is 4.74 Å². The van der Waals surface area contributed by atoms with Gasteiger partial charge in [-0.3, -0.25) is 0 Å². The highest BCUT2D eigenvalue weighted by molar-refractivity contribution is 5.97. The molecule has 0 fully saturated rings. The van der Waals surface area contributed by atoms with Gasteiger partial charge in [-0.2, -0.15) is 0 Å². The van der Waals surface area contributed by atoms with E-state index in [-0.39, 0.29) is 12.3 Å². The van der Waals surface area contributed by atoms with Crippen LogP contribution >= 0.6 is 0 Å². The fraction of sp³-hybridized carbons (Fsp3) is 0.400. The van der Waals surface area contributed by atoms with Gasteiger partial charge in [0.25, 0.3) is 0 Å². The molecule has 0 bridgehead atoms. The van der Waals surface area contributed by atoms with Crippen molar-refractivity contribution >= 4 is 16.9 Å². The molecule has 112 valence electrons. The predicted molar refractivity (Wildman–Crippen MR) is 77.5 cm³/mol. The lowest BCUT2D eigenvalue weighted by atomic mass is 10.2. The molecule has 1 aromatic heterocycles. The molecule has 2 rings (SSSR count). The van der Waals surface area contributed by atoms with Crippen LogP contribution in [0.1, 0.15) is 23.8 Å². The van der Waals surface area contributed by atoms with Gasteiger partial charge in [-0.25, -0.2) is 4.79 Å². The van der Waals surface area contributed by atoms with Crippen molar-refractivity contribution in [2.24, 2.45) is 0 Å². The van der Waals surface area contributed by atoms with E-state index in [2.05, 4.69) is 10.2 Å². The van der Waals surface area contributed by atoms with Crippen molar-refractivity contribution in [3.8, 4) is 5.75 Å². The van der Waals surface area contributed by atoms with Crippen LogP contribution in [0.2, 0.25) is 0 Å². The highest BCUT2D eigenvalue weighted by Crippen LogP contribution is 2.27. The smallest absolute Gasteiger partial charge is 0.362 e. The number of esters is 1. The van der Waals surface area contributed by atoms with Crippen LogP contribution in [-0.2, 0) is 9.47 Å². The van der Waals surface area contributed by atoms with Gasteiger partial charge in [0.2, 0.25) is 5.69 Å². The quantitative estimate of drug-likeness (QED) is 0.575. The van der Waals surface area contributed by atoms with Crippen LogP contribution in [0, 0.1) is 0 Å². The summed E-state index contributed by atoms with van der Waals surface area (Å²) in [5, 5.41) is 8.72. The van der Waals surface area contributed by atoms with Gasteiger partial charge in [0.15, 0.2) is 5.75 Å². The van der Waals surface area contributed by atoms with Gasteiger partial charge in [-0.15, -0.1) is 10.2 Å². The van der Waals surface area contributed by atoms with Crippen molar-refractivity contribution in [2.45, 2.75) is 13.3 Å². The second-order valence-electron chi connectivity index (χ2n) is 4.31. The lowest BCUT2D eigenvalue weighted by molar-refractivity contribution is 0.0513. The lowest BCUT2D eigenvalue weighted by Gasteiger charge is -2.12. The Kier molecular flexibility index (Phi) is 5.45. The number of aromatic nitrogens is 2. The first kappa shape index (κ1) is 15.2. The molecule has 0 aliphatic heterocycles. The molecule has 0 atom stereocenters. The van der Waals surface area contributed by atoms with Crippen LogP contribution in [0.15, 0.2) is 24.3 Å². The molecular formula is C15H18N2O4. The molecule has 2 aromatic rings. The van der Waals surface area contributed by atoms with Crippen LogP contribution in [0.3, 0.4) is 0 Å². The average Bonchev–Trinajstić information content (AvgIpc) is 2.51. The van der Waals surface area contributed by atoms with E-state index in [1.807, 2.05) is 24.3 Å². The lowest BCUT2D eigenvalue weighted by Crippen LogP contribution is -2.13. The van der Waals surface area contributed by atoms with Crippen molar-refractivity contribution in [2.75, 3.05) is 26.9 Å². The third-order valence-electron chi connectivity index (χ3n) is 2.83. The van der Waals surface area contributed by atoms with Gasteiger partial charge < -0.3 is 14.2 Å². The number of rotatable bonds is 7. The van der Waals surface area contributed by atoms with Crippen LogP contribution in [0.4, 0.5) is 0 Å². The third kappa shape index (κ3) is 3.66. The van der Waals surface area contributed by atoms with Crippen LogP contribution in [-0.4, -0.2) is 43.1 Å². The van der Waals surface area contributed by atoms with Crippen molar-refractivity contribution in [1.82, 2.24) is 10.2 Å². The zero-order valence-corrected chi connectivity index (χ0v) is 12.2. The van der Waals surface area contributed by atoms with E-state index in [4.69, 9.17) is 14.2 Å². The minimum atomic E-state index is -0.530. The molecule has 6 heteroatoms. The fourth-order valence-electron chi connectivity index (χ4n) is 1.89. The number of fused-ring (bicyclic) bond motifs is 1. The van der Waals surface area contributed by atoms with Gasteiger partial charge in [0.05, 0.1) is 18.7 Å². The molecule has 1 aromatic carbocycles. The first-order valence-electron chi connectivity index (χ1n) is 6.82. The number of benzene rings is 1. The normalized spacial score (nSPS) is 10.6. The Hall–Kier alpha value is -2.21. The Morgan fingerprint density at radius 2 is 2.00 bits per heavy atom. The summed E-state index contributed by atoms with van der Waals surface area (Å²) in [6, 6.07) is 7.38. The van der Waals surface area contributed by atoms with E-state index >= 15 is 0 Å². The summed E-state index contributed by atoms with van der Waals surface area (Å²) in [4.78, 5) is 12.0. The zero-order chi connectivity index (χ0) is 15.1. The van der Waals surface area contributed by atoms with Gasteiger partial charge in [0, 0.05) is 25.5 Å². The molecule has 0 aliphatic rings. The van der Waals surface area contributed by atoms with Crippen molar-refractivity contribution in [3.05, 3.63) is 30.0 Å². The van der Waals surface area contributed by atoms with E-state index in [1.54, 1.807) is 14.0 Å². The highest BCUT2D eigenvalue weighted by atomic mass is 16.5. The molecule has 0 unspecified atom stereocenters. The molecule has 0 amide bonds. The number of nitrogens with zero attached hydrogens (tertiary/aromatic N) is 2. The topological polar surface area (TPSA) is 70.5 Å². The molecule has 0 aliphatic carbocycles. The number of hydrogen-bond donors (Lipinski definition) is 0. The van der Waals surface area contributed by atoms with E-state index in [9.17, 15) is 4.79 Å². The summed E-state index contributed by atoms with van der Waals surface area (Å²) in [6.45, 7) is 3.03. The Balaban J connectivity index is 2.35. The molecule has 0 N–H and O–H groups in total. The Labute approximate surface area is 123 Å². The minimum Gasteiger partial charge on any atom is -0.490 e. The summed E-state index contributed by atoms with van der Waals surface area (Å²) in [5.74, 6) is -0.118.